The van der Waals surface area contributed by atoms with Crippen LogP contribution >= 0.6 is 23.1 Å². The smallest absolute Gasteiger partial charge is 0.236 e. The van der Waals surface area contributed by atoms with Gasteiger partial charge >= 0.3 is 0 Å². The van der Waals surface area contributed by atoms with E-state index in [9.17, 15) is 4.79 Å². The van der Waals surface area contributed by atoms with Crippen LogP contribution in [0.2, 0.25) is 0 Å². The van der Waals surface area contributed by atoms with Gasteiger partial charge in [-0.05, 0) is 49.4 Å². The van der Waals surface area contributed by atoms with Gasteiger partial charge in [0.25, 0.3) is 0 Å². The molecule has 0 unspecified atom stereocenters. The average Bonchev–Trinajstić information content (AvgIpc) is 3.60. The van der Waals surface area contributed by atoms with Crippen molar-refractivity contribution in [3.63, 3.8) is 0 Å². The van der Waals surface area contributed by atoms with Crippen LogP contribution in [0.5, 0.6) is 11.5 Å². The van der Waals surface area contributed by atoms with Crippen LogP contribution in [-0.4, -0.2) is 50.6 Å². The number of anilines is 1. The molecule has 1 N–H and O–H groups in total. The lowest BCUT2D eigenvalue weighted by Crippen LogP contribution is -2.14. The molecule has 0 aliphatic carbocycles. The number of aryl methyl sites for hydroxylation is 1. The molecule has 3 aromatic heterocycles. The zero-order valence-electron chi connectivity index (χ0n) is 20.9. The number of hydrogen-bond donors (Lipinski definition) is 1. The van der Waals surface area contributed by atoms with Gasteiger partial charge in [-0.1, -0.05) is 29.5 Å². The Morgan fingerprint density at radius 1 is 1.03 bits per heavy atom. The van der Waals surface area contributed by atoms with E-state index in [2.05, 4.69) is 25.5 Å². The van der Waals surface area contributed by atoms with Crippen molar-refractivity contribution in [3.8, 4) is 39.8 Å². The minimum atomic E-state index is -0.190. The highest BCUT2D eigenvalue weighted by Crippen LogP contribution is 2.34. The first-order valence-corrected chi connectivity index (χ1v) is 13.5. The van der Waals surface area contributed by atoms with Gasteiger partial charge in [-0.25, -0.2) is 4.98 Å². The van der Waals surface area contributed by atoms with Gasteiger partial charge in [-0.2, -0.15) is 0 Å². The molecule has 0 fully saturated rings. The Hall–Kier alpha value is -4.22. The lowest BCUT2D eigenvalue weighted by molar-refractivity contribution is -0.113. The third-order valence-electron chi connectivity index (χ3n) is 5.61. The summed E-state index contributed by atoms with van der Waals surface area (Å²) in [6.45, 7) is 2.03. The van der Waals surface area contributed by atoms with Gasteiger partial charge in [0.1, 0.15) is 0 Å². The summed E-state index contributed by atoms with van der Waals surface area (Å²) < 4.78 is 12.6. The van der Waals surface area contributed by atoms with Crippen LogP contribution in [0.1, 0.15) is 5.56 Å². The van der Waals surface area contributed by atoms with E-state index >= 15 is 0 Å². The second-order valence-corrected chi connectivity index (χ2v) is 9.96. The molecule has 0 bridgehead atoms. The Morgan fingerprint density at radius 3 is 2.58 bits per heavy atom. The van der Waals surface area contributed by atoms with Crippen molar-refractivity contribution in [1.29, 1.82) is 0 Å². The summed E-state index contributed by atoms with van der Waals surface area (Å²) in [6, 6.07) is 17.4. The monoisotopic (exact) mass is 544 g/mol. The van der Waals surface area contributed by atoms with Crippen molar-refractivity contribution in [1.82, 2.24) is 24.7 Å². The Labute approximate surface area is 227 Å². The van der Waals surface area contributed by atoms with Gasteiger partial charge < -0.3 is 14.8 Å². The fourth-order valence-electron chi connectivity index (χ4n) is 3.72. The summed E-state index contributed by atoms with van der Waals surface area (Å²) >= 11 is 2.66. The molecule has 0 aliphatic heterocycles. The third kappa shape index (κ3) is 5.53. The van der Waals surface area contributed by atoms with Crippen LogP contribution in [0.25, 0.3) is 28.3 Å². The van der Waals surface area contributed by atoms with Crippen LogP contribution < -0.4 is 14.8 Å². The first-order chi connectivity index (χ1) is 18.6. The number of ether oxygens (including phenoxy) is 2. The van der Waals surface area contributed by atoms with Crippen LogP contribution in [0.3, 0.4) is 0 Å². The van der Waals surface area contributed by atoms with Gasteiger partial charge in [0.05, 0.1) is 25.7 Å². The van der Waals surface area contributed by atoms with Gasteiger partial charge in [-0.3, -0.25) is 14.3 Å². The van der Waals surface area contributed by atoms with Crippen LogP contribution in [0.15, 0.2) is 77.5 Å². The van der Waals surface area contributed by atoms with Crippen LogP contribution in [-0.2, 0) is 4.79 Å². The molecule has 192 valence electrons. The van der Waals surface area contributed by atoms with E-state index in [1.54, 1.807) is 26.6 Å². The Kier molecular flexibility index (Phi) is 7.66. The fourth-order valence-corrected chi connectivity index (χ4v) is 5.20. The number of rotatable bonds is 9. The van der Waals surface area contributed by atoms with E-state index < -0.39 is 0 Å². The number of aromatic nitrogens is 5. The molecular formula is C27H24N6O3S2. The van der Waals surface area contributed by atoms with E-state index in [1.807, 2.05) is 71.5 Å². The van der Waals surface area contributed by atoms with Gasteiger partial charge in [0, 0.05) is 34.6 Å². The summed E-state index contributed by atoms with van der Waals surface area (Å²) in [5, 5.41) is 14.7. The molecule has 5 aromatic rings. The highest BCUT2D eigenvalue weighted by molar-refractivity contribution is 7.99. The number of methoxy groups -OCH3 is 2. The van der Waals surface area contributed by atoms with Crippen molar-refractivity contribution >= 4 is 34.1 Å². The Balaban J connectivity index is 1.31. The summed E-state index contributed by atoms with van der Waals surface area (Å²) in [5.74, 6) is 1.86. The largest absolute Gasteiger partial charge is 0.493 e. The number of pyridine rings is 1. The zero-order valence-corrected chi connectivity index (χ0v) is 22.5. The average molecular weight is 545 g/mol. The number of nitrogens with zero attached hydrogens (tertiary/aromatic N) is 5. The van der Waals surface area contributed by atoms with Crippen molar-refractivity contribution in [2.75, 3.05) is 25.3 Å². The third-order valence-corrected chi connectivity index (χ3v) is 7.29. The predicted molar refractivity (Wildman–Crippen MR) is 149 cm³/mol. The van der Waals surface area contributed by atoms with Gasteiger partial charge in [-0.15, -0.1) is 21.5 Å². The van der Waals surface area contributed by atoms with Crippen molar-refractivity contribution in [2.45, 2.75) is 12.1 Å². The summed E-state index contributed by atoms with van der Waals surface area (Å²) in [5.41, 5.74) is 4.49. The predicted octanol–water partition coefficient (Wildman–Crippen LogP) is 5.51. The molecule has 1 amide bonds. The van der Waals surface area contributed by atoms with Crippen molar-refractivity contribution in [2.24, 2.45) is 0 Å². The maximum absolute atomic E-state index is 12.8. The molecule has 0 saturated heterocycles. The van der Waals surface area contributed by atoms with E-state index in [4.69, 9.17) is 9.47 Å². The Morgan fingerprint density at radius 2 is 1.84 bits per heavy atom. The topological polar surface area (TPSA) is 104 Å². The first-order valence-electron chi connectivity index (χ1n) is 11.6. The lowest BCUT2D eigenvalue weighted by Gasteiger charge is -2.10. The van der Waals surface area contributed by atoms with Crippen LogP contribution in [0.4, 0.5) is 5.13 Å². The van der Waals surface area contributed by atoms with E-state index in [0.717, 1.165) is 28.1 Å². The Bertz CT molecular complexity index is 1550. The number of carbonyl (C=O) groups excluding carboxylic acids is 1. The molecule has 0 atom stereocenters. The quantitative estimate of drug-likeness (QED) is 0.242. The van der Waals surface area contributed by atoms with E-state index in [0.29, 0.717) is 27.6 Å². The maximum Gasteiger partial charge on any atom is 0.236 e. The van der Waals surface area contributed by atoms with Crippen molar-refractivity contribution < 1.29 is 14.3 Å². The van der Waals surface area contributed by atoms with Gasteiger partial charge in [0.15, 0.2) is 27.6 Å². The normalized spacial score (nSPS) is 10.8. The minimum absolute atomic E-state index is 0.141. The molecule has 5 rings (SSSR count). The van der Waals surface area contributed by atoms with Crippen molar-refractivity contribution in [3.05, 3.63) is 77.9 Å². The molecule has 0 saturated carbocycles. The first kappa shape index (κ1) is 25.4. The summed E-state index contributed by atoms with van der Waals surface area (Å²) in [6.07, 6.45) is 3.46. The molecular weight excluding hydrogens is 520 g/mol. The summed E-state index contributed by atoms with van der Waals surface area (Å²) in [7, 11) is 3.18. The number of benzene rings is 2. The molecule has 38 heavy (non-hydrogen) atoms. The molecule has 0 aliphatic rings. The number of hydrogen-bond acceptors (Lipinski definition) is 9. The molecule has 2 aromatic carbocycles. The highest BCUT2D eigenvalue weighted by atomic mass is 32.2. The standard InChI is InChI=1S/C27H24N6O3S2/c1-17-6-9-20(10-7-17)33-25(19-5-4-12-28-14-19)31-32-27(33)38-16-24(34)30-26-29-21(15-37-26)18-8-11-22(35-2)23(13-18)36-3/h4-15H,16H2,1-3H3,(H,29,30,34). The lowest BCUT2D eigenvalue weighted by atomic mass is 10.1. The number of nitrogens with one attached hydrogen (secondary N) is 1. The zero-order chi connectivity index (χ0) is 26.5. The molecule has 3 heterocycles. The summed E-state index contributed by atoms with van der Waals surface area (Å²) in [4.78, 5) is 21.6. The second kappa shape index (κ2) is 11.4. The van der Waals surface area contributed by atoms with E-state index in [1.165, 1.54) is 23.1 Å². The van der Waals surface area contributed by atoms with Gasteiger partial charge in [0.2, 0.25) is 5.91 Å². The maximum atomic E-state index is 12.8. The van der Waals surface area contributed by atoms with Crippen LogP contribution in [0, 0.1) is 6.92 Å². The molecule has 0 radical (unpaired) electrons. The highest BCUT2D eigenvalue weighted by Gasteiger charge is 2.18. The second-order valence-electron chi connectivity index (χ2n) is 8.16. The SMILES string of the molecule is COc1ccc(-c2csc(NC(=O)CSc3nnc(-c4cccnc4)n3-c3ccc(C)cc3)n2)cc1OC. The molecule has 0 spiro atoms. The number of thiazole rings is 1. The number of thioether (sulfide) groups is 1. The minimum Gasteiger partial charge on any atom is -0.493 e. The molecule has 11 heteroatoms. The molecule has 9 nitrogen and oxygen atoms in total. The fraction of sp³-hybridized carbons (Fsp3) is 0.148. The number of carbonyl (C=O) groups is 1. The number of amides is 1. The van der Waals surface area contributed by atoms with E-state index in [-0.39, 0.29) is 11.7 Å².